The van der Waals surface area contributed by atoms with Crippen molar-refractivity contribution in [1.29, 1.82) is 5.41 Å². The van der Waals surface area contributed by atoms with E-state index in [2.05, 4.69) is 5.16 Å². The van der Waals surface area contributed by atoms with Gasteiger partial charge in [0.1, 0.15) is 17.3 Å². The third-order valence-electron chi connectivity index (χ3n) is 5.89. The standard InChI is InChI=1S/C25H26ClN3O4S/c1-2-32-25(31)18-11-13-29(14-12-18)24(27)17-5-3-16(4-6-17)20-15-19(33-28-20)7-8-21(30)22-9-10-23(26)34-22/h3-6,9-10,15,18,27H,2,7-8,11-14H2,1H3. The molecular weight excluding hydrogens is 474 g/mol. The lowest BCUT2D eigenvalue weighted by atomic mass is 9.96. The van der Waals surface area contributed by atoms with Crippen molar-refractivity contribution in [3.8, 4) is 11.3 Å². The van der Waals surface area contributed by atoms with Crippen molar-refractivity contribution in [3.05, 3.63) is 63.0 Å². The number of hydrogen-bond acceptors (Lipinski definition) is 7. The fourth-order valence-corrected chi connectivity index (χ4v) is 4.98. The van der Waals surface area contributed by atoms with E-state index in [-0.39, 0.29) is 17.7 Å². The number of Topliss-reactive ketones (excluding diaryl/α,β-unsaturated/α-hetero) is 1. The molecule has 1 fully saturated rings. The fraction of sp³-hybridized carbons (Fsp3) is 0.360. The molecular formula is C25H26ClN3O4S. The molecule has 3 aromatic rings. The van der Waals surface area contributed by atoms with E-state index in [1.54, 1.807) is 12.1 Å². The van der Waals surface area contributed by atoms with Gasteiger partial charge in [0.15, 0.2) is 5.78 Å². The predicted octanol–water partition coefficient (Wildman–Crippen LogP) is 5.47. The summed E-state index contributed by atoms with van der Waals surface area (Å²) in [6, 6.07) is 12.9. The second-order valence-electron chi connectivity index (χ2n) is 8.14. The van der Waals surface area contributed by atoms with Gasteiger partial charge in [0.25, 0.3) is 0 Å². The number of carbonyl (C=O) groups is 2. The van der Waals surface area contributed by atoms with E-state index < -0.39 is 0 Å². The summed E-state index contributed by atoms with van der Waals surface area (Å²) < 4.78 is 11.1. The van der Waals surface area contributed by atoms with Gasteiger partial charge in [-0.3, -0.25) is 15.0 Å². The zero-order valence-corrected chi connectivity index (χ0v) is 20.5. The number of halogens is 1. The zero-order valence-electron chi connectivity index (χ0n) is 18.9. The summed E-state index contributed by atoms with van der Waals surface area (Å²) in [4.78, 5) is 26.8. The van der Waals surface area contributed by atoms with Crippen LogP contribution in [0.3, 0.4) is 0 Å². The van der Waals surface area contributed by atoms with Crippen molar-refractivity contribution in [3.63, 3.8) is 0 Å². The highest BCUT2D eigenvalue weighted by atomic mass is 35.5. The average Bonchev–Trinajstić information content (AvgIpc) is 3.52. The quantitative estimate of drug-likeness (QED) is 0.191. The molecule has 3 heterocycles. The summed E-state index contributed by atoms with van der Waals surface area (Å²) in [5.74, 6) is 0.912. The van der Waals surface area contributed by atoms with Gasteiger partial charge in [-0.15, -0.1) is 11.3 Å². The van der Waals surface area contributed by atoms with Gasteiger partial charge >= 0.3 is 5.97 Å². The van der Waals surface area contributed by atoms with Crippen molar-refractivity contribution >= 4 is 40.5 Å². The van der Waals surface area contributed by atoms with Crippen molar-refractivity contribution in [2.45, 2.75) is 32.6 Å². The van der Waals surface area contributed by atoms with Crippen LogP contribution < -0.4 is 0 Å². The van der Waals surface area contributed by atoms with Crippen LogP contribution in [0, 0.1) is 11.3 Å². The van der Waals surface area contributed by atoms with Gasteiger partial charge in [-0.1, -0.05) is 41.0 Å². The highest BCUT2D eigenvalue weighted by molar-refractivity contribution is 7.18. The maximum atomic E-state index is 12.3. The van der Waals surface area contributed by atoms with Crippen LogP contribution >= 0.6 is 22.9 Å². The van der Waals surface area contributed by atoms with Crippen LogP contribution in [-0.4, -0.2) is 47.3 Å². The van der Waals surface area contributed by atoms with Crippen LogP contribution in [0.5, 0.6) is 0 Å². The number of aryl methyl sites for hydroxylation is 1. The molecule has 0 aliphatic carbocycles. The number of ether oxygens (including phenoxy) is 1. The Morgan fingerprint density at radius 2 is 1.94 bits per heavy atom. The van der Waals surface area contributed by atoms with Gasteiger partial charge in [-0.25, -0.2) is 0 Å². The van der Waals surface area contributed by atoms with Crippen LogP contribution in [0.1, 0.15) is 47.2 Å². The molecule has 1 aromatic carbocycles. The molecule has 0 atom stereocenters. The minimum absolute atomic E-state index is 0.0315. The van der Waals surface area contributed by atoms with Crippen LogP contribution in [0.25, 0.3) is 11.3 Å². The molecule has 1 aliphatic heterocycles. The highest BCUT2D eigenvalue weighted by Gasteiger charge is 2.27. The number of esters is 1. The molecule has 34 heavy (non-hydrogen) atoms. The summed E-state index contributed by atoms with van der Waals surface area (Å²) in [7, 11) is 0. The minimum Gasteiger partial charge on any atom is -0.466 e. The van der Waals surface area contributed by atoms with Gasteiger partial charge < -0.3 is 14.2 Å². The monoisotopic (exact) mass is 499 g/mol. The van der Waals surface area contributed by atoms with Crippen molar-refractivity contribution < 1.29 is 18.8 Å². The topological polar surface area (TPSA) is 96.5 Å². The fourth-order valence-electron chi connectivity index (χ4n) is 3.97. The molecule has 0 radical (unpaired) electrons. The lowest BCUT2D eigenvalue weighted by molar-refractivity contribution is -0.149. The number of carbonyl (C=O) groups excluding carboxylic acids is 2. The van der Waals surface area contributed by atoms with E-state index in [9.17, 15) is 9.59 Å². The molecule has 0 saturated carbocycles. The Morgan fingerprint density at radius 1 is 1.21 bits per heavy atom. The van der Waals surface area contributed by atoms with E-state index in [0.717, 1.165) is 11.1 Å². The Labute approximate surface area is 207 Å². The highest BCUT2D eigenvalue weighted by Crippen LogP contribution is 2.25. The second kappa shape index (κ2) is 11.0. The predicted molar refractivity (Wildman–Crippen MR) is 132 cm³/mol. The second-order valence-corrected chi connectivity index (χ2v) is 9.86. The molecule has 0 unspecified atom stereocenters. The molecule has 1 saturated heterocycles. The molecule has 1 aliphatic rings. The Hall–Kier alpha value is -2.97. The van der Waals surface area contributed by atoms with Gasteiger partial charge in [0.05, 0.1) is 21.7 Å². The summed E-state index contributed by atoms with van der Waals surface area (Å²) in [5, 5.41) is 12.7. The maximum Gasteiger partial charge on any atom is 0.309 e. The zero-order chi connectivity index (χ0) is 24.1. The Bertz CT molecular complexity index is 1160. The first-order valence-corrected chi connectivity index (χ1v) is 12.5. The van der Waals surface area contributed by atoms with E-state index >= 15 is 0 Å². The number of piperidine rings is 1. The Kier molecular flexibility index (Phi) is 7.80. The van der Waals surface area contributed by atoms with Crippen molar-refractivity contribution in [2.24, 2.45) is 5.92 Å². The smallest absolute Gasteiger partial charge is 0.309 e. The van der Waals surface area contributed by atoms with Gasteiger partial charge in [-0.2, -0.15) is 0 Å². The average molecular weight is 500 g/mol. The third kappa shape index (κ3) is 5.74. The largest absolute Gasteiger partial charge is 0.466 e. The SMILES string of the molecule is CCOC(=O)C1CCN(C(=N)c2ccc(-c3cc(CCC(=O)c4ccc(Cl)s4)on3)cc2)CC1. The first kappa shape index (κ1) is 24.2. The molecule has 2 aromatic heterocycles. The lowest BCUT2D eigenvalue weighted by Crippen LogP contribution is -2.40. The summed E-state index contributed by atoms with van der Waals surface area (Å²) in [5.41, 5.74) is 2.38. The molecule has 0 amide bonds. The molecule has 9 heteroatoms. The summed E-state index contributed by atoms with van der Waals surface area (Å²) in [6.45, 7) is 3.54. The van der Waals surface area contributed by atoms with Crippen molar-refractivity contribution in [1.82, 2.24) is 10.1 Å². The number of thiophene rings is 1. The number of amidine groups is 1. The number of hydrogen-bond donors (Lipinski definition) is 1. The molecule has 178 valence electrons. The van der Waals surface area contributed by atoms with E-state index in [4.69, 9.17) is 26.3 Å². The first-order chi connectivity index (χ1) is 16.4. The van der Waals surface area contributed by atoms with Crippen LogP contribution in [0.15, 0.2) is 47.0 Å². The Balaban J connectivity index is 1.31. The van der Waals surface area contributed by atoms with E-state index in [1.807, 2.05) is 42.2 Å². The maximum absolute atomic E-state index is 12.3. The summed E-state index contributed by atoms with van der Waals surface area (Å²) >= 11 is 7.18. The van der Waals surface area contributed by atoms with E-state index in [1.165, 1.54) is 11.3 Å². The normalized spacial score (nSPS) is 14.2. The molecule has 0 bridgehead atoms. The Morgan fingerprint density at radius 3 is 2.59 bits per heavy atom. The van der Waals surface area contributed by atoms with Crippen LogP contribution in [0.2, 0.25) is 4.34 Å². The number of nitrogens with one attached hydrogen (secondary N) is 1. The van der Waals surface area contributed by atoms with E-state index in [0.29, 0.717) is 71.9 Å². The molecule has 7 nitrogen and oxygen atoms in total. The number of aromatic nitrogens is 1. The number of nitrogens with zero attached hydrogens (tertiary/aromatic N) is 2. The first-order valence-electron chi connectivity index (χ1n) is 11.3. The number of benzene rings is 1. The third-order valence-corrected chi connectivity index (χ3v) is 7.16. The van der Waals surface area contributed by atoms with Crippen LogP contribution in [-0.2, 0) is 16.0 Å². The van der Waals surface area contributed by atoms with Gasteiger partial charge in [0, 0.05) is 43.1 Å². The number of likely N-dealkylation sites (tertiary alicyclic amines) is 1. The summed E-state index contributed by atoms with van der Waals surface area (Å²) in [6.07, 6.45) is 2.19. The minimum atomic E-state index is -0.134. The number of rotatable bonds is 8. The lowest BCUT2D eigenvalue weighted by Gasteiger charge is -2.32. The number of ketones is 1. The van der Waals surface area contributed by atoms with Crippen LogP contribution in [0.4, 0.5) is 0 Å². The van der Waals surface area contributed by atoms with Gasteiger partial charge in [-0.05, 0) is 31.9 Å². The van der Waals surface area contributed by atoms with Crippen molar-refractivity contribution in [2.75, 3.05) is 19.7 Å². The molecule has 1 N–H and O–H groups in total. The molecule has 0 spiro atoms. The van der Waals surface area contributed by atoms with Gasteiger partial charge in [0.2, 0.25) is 0 Å². The molecule has 4 rings (SSSR count).